The van der Waals surface area contributed by atoms with Crippen LogP contribution >= 0.6 is 11.6 Å². The number of carboxylic acid groups (broad SMARTS) is 1. The Morgan fingerprint density at radius 2 is 2.00 bits per heavy atom. The number of rotatable bonds is 5. The summed E-state index contributed by atoms with van der Waals surface area (Å²) < 4.78 is 39.5. The minimum Gasteiger partial charge on any atom is -0.481 e. The largest absolute Gasteiger partial charge is 0.481 e. The van der Waals surface area contributed by atoms with Crippen LogP contribution in [0.3, 0.4) is 0 Å². The summed E-state index contributed by atoms with van der Waals surface area (Å²) in [7, 11) is -4.13. The second kappa shape index (κ2) is 5.85. The molecule has 5 nitrogen and oxygen atoms in total. The van der Waals surface area contributed by atoms with Gasteiger partial charge < -0.3 is 5.11 Å². The van der Waals surface area contributed by atoms with Crippen molar-refractivity contribution >= 4 is 27.6 Å². The van der Waals surface area contributed by atoms with Crippen molar-refractivity contribution in [2.75, 3.05) is 0 Å². The quantitative estimate of drug-likeness (QED) is 0.869. The summed E-state index contributed by atoms with van der Waals surface area (Å²) in [4.78, 5) is 10.2. The van der Waals surface area contributed by atoms with Crippen molar-refractivity contribution in [3.05, 3.63) is 29.0 Å². The average Bonchev–Trinajstić information content (AvgIpc) is 2.26. The van der Waals surface area contributed by atoms with Gasteiger partial charge in [-0.25, -0.2) is 17.5 Å². The molecule has 0 spiro atoms. The third kappa shape index (κ3) is 3.89. The Hall–Kier alpha value is -1.18. The molecule has 0 radical (unpaired) electrons. The van der Waals surface area contributed by atoms with Crippen LogP contribution in [0.5, 0.6) is 0 Å². The Bertz CT molecular complexity index is 590. The monoisotopic (exact) mass is 309 g/mol. The molecule has 0 bridgehead atoms. The molecule has 0 heterocycles. The fraction of sp³-hybridized carbons (Fsp3) is 0.364. The van der Waals surface area contributed by atoms with Gasteiger partial charge in [-0.05, 0) is 25.1 Å². The predicted octanol–water partition coefficient (Wildman–Crippen LogP) is 1.87. The van der Waals surface area contributed by atoms with Crippen LogP contribution in [0.4, 0.5) is 4.39 Å². The zero-order valence-electron chi connectivity index (χ0n) is 10.2. The lowest BCUT2D eigenvalue weighted by Gasteiger charge is -2.18. The van der Waals surface area contributed by atoms with E-state index >= 15 is 0 Å². The summed E-state index contributed by atoms with van der Waals surface area (Å²) in [5.74, 6) is -3.08. The molecule has 2 atom stereocenters. The number of carboxylic acids is 1. The second-order valence-corrected chi connectivity index (χ2v) is 6.23. The summed E-state index contributed by atoms with van der Waals surface area (Å²) in [6.45, 7) is 2.75. The molecule has 106 valence electrons. The number of sulfonamides is 1. The van der Waals surface area contributed by atoms with Crippen LogP contribution in [0.2, 0.25) is 5.02 Å². The number of carbonyl (C=O) groups is 1. The Morgan fingerprint density at radius 3 is 2.47 bits per heavy atom. The molecule has 1 rings (SSSR count). The highest BCUT2D eigenvalue weighted by Gasteiger charge is 2.27. The van der Waals surface area contributed by atoms with Crippen molar-refractivity contribution in [3.8, 4) is 0 Å². The number of benzene rings is 1. The van der Waals surface area contributed by atoms with Gasteiger partial charge in [0.25, 0.3) is 0 Å². The van der Waals surface area contributed by atoms with E-state index in [1.54, 1.807) is 0 Å². The van der Waals surface area contributed by atoms with Crippen LogP contribution in [0, 0.1) is 11.7 Å². The third-order valence-electron chi connectivity index (χ3n) is 2.66. The molecule has 2 N–H and O–H groups in total. The van der Waals surface area contributed by atoms with Crippen LogP contribution < -0.4 is 4.72 Å². The number of halogens is 2. The fourth-order valence-corrected chi connectivity index (χ4v) is 2.86. The molecule has 19 heavy (non-hydrogen) atoms. The van der Waals surface area contributed by atoms with Crippen molar-refractivity contribution < 1.29 is 22.7 Å². The van der Waals surface area contributed by atoms with Crippen molar-refractivity contribution in [3.63, 3.8) is 0 Å². The van der Waals surface area contributed by atoms with E-state index in [0.29, 0.717) is 0 Å². The highest BCUT2D eigenvalue weighted by molar-refractivity contribution is 7.89. The summed E-state index contributed by atoms with van der Waals surface area (Å²) >= 11 is 5.53. The van der Waals surface area contributed by atoms with Gasteiger partial charge >= 0.3 is 5.97 Å². The standard InChI is InChI=1S/C11H13ClFNO4S/c1-6(11(15)16)7(2)14-19(17,18)10-4-3-8(12)5-9(10)13/h3-7,14H,1-2H3,(H,15,16). The molecule has 0 aliphatic carbocycles. The van der Waals surface area contributed by atoms with Crippen LogP contribution in [0.25, 0.3) is 0 Å². The smallest absolute Gasteiger partial charge is 0.307 e. The molecule has 0 saturated heterocycles. The topological polar surface area (TPSA) is 83.5 Å². The first-order valence-electron chi connectivity index (χ1n) is 5.35. The van der Waals surface area contributed by atoms with E-state index in [9.17, 15) is 17.6 Å². The number of nitrogens with one attached hydrogen (secondary N) is 1. The number of hydrogen-bond acceptors (Lipinski definition) is 3. The first-order chi connectivity index (χ1) is 8.65. The summed E-state index contributed by atoms with van der Waals surface area (Å²) in [6, 6.07) is 2.27. The SMILES string of the molecule is CC(NS(=O)(=O)c1ccc(Cl)cc1F)C(C)C(=O)O. The highest BCUT2D eigenvalue weighted by Crippen LogP contribution is 2.19. The van der Waals surface area contributed by atoms with E-state index in [1.807, 2.05) is 0 Å². The van der Waals surface area contributed by atoms with Crippen molar-refractivity contribution in [1.29, 1.82) is 0 Å². The van der Waals surface area contributed by atoms with Gasteiger partial charge in [0.15, 0.2) is 0 Å². The van der Waals surface area contributed by atoms with Gasteiger partial charge in [0.05, 0.1) is 5.92 Å². The first-order valence-corrected chi connectivity index (χ1v) is 7.21. The molecule has 2 unspecified atom stereocenters. The van der Waals surface area contributed by atoms with E-state index in [0.717, 1.165) is 12.1 Å². The molecule has 8 heteroatoms. The lowest BCUT2D eigenvalue weighted by Crippen LogP contribution is -2.40. The van der Waals surface area contributed by atoms with Crippen LogP contribution in [0.15, 0.2) is 23.1 Å². The fourth-order valence-electron chi connectivity index (χ4n) is 1.32. The van der Waals surface area contributed by atoms with Crippen molar-refractivity contribution in [2.24, 2.45) is 5.92 Å². The predicted molar refractivity (Wildman–Crippen MR) is 68.0 cm³/mol. The Balaban J connectivity index is 3.02. The molecule has 0 saturated carbocycles. The molecule has 1 aromatic rings. The van der Waals surface area contributed by atoms with Gasteiger partial charge in [0.2, 0.25) is 10.0 Å². The average molecular weight is 310 g/mol. The van der Waals surface area contributed by atoms with Crippen molar-refractivity contribution in [2.45, 2.75) is 24.8 Å². The molecule has 0 aromatic heterocycles. The molecule has 0 fully saturated rings. The summed E-state index contributed by atoms with van der Waals surface area (Å²) in [5.41, 5.74) is 0. The van der Waals surface area contributed by atoms with Crippen LogP contribution in [-0.2, 0) is 14.8 Å². The highest BCUT2D eigenvalue weighted by atomic mass is 35.5. The maximum atomic E-state index is 13.5. The van der Waals surface area contributed by atoms with E-state index < -0.39 is 38.7 Å². The van der Waals surface area contributed by atoms with E-state index in [-0.39, 0.29) is 5.02 Å². The number of hydrogen-bond donors (Lipinski definition) is 2. The molecule has 0 amide bonds. The van der Waals surface area contributed by atoms with E-state index in [2.05, 4.69) is 4.72 Å². The molecular weight excluding hydrogens is 297 g/mol. The van der Waals surface area contributed by atoms with Gasteiger partial charge in [-0.15, -0.1) is 0 Å². The Kier molecular flexibility index (Phi) is 4.89. The third-order valence-corrected chi connectivity index (χ3v) is 4.49. The lowest BCUT2D eigenvalue weighted by molar-refractivity contribution is -0.141. The zero-order valence-corrected chi connectivity index (χ0v) is 11.8. The Morgan fingerprint density at radius 1 is 1.42 bits per heavy atom. The van der Waals surface area contributed by atoms with Gasteiger partial charge in [-0.2, -0.15) is 0 Å². The van der Waals surface area contributed by atoms with Gasteiger partial charge in [0.1, 0.15) is 10.7 Å². The van der Waals surface area contributed by atoms with E-state index in [4.69, 9.17) is 16.7 Å². The minimum atomic E-state index is -4.13. The summed E-state index contributed by atoms with van der Waals surface area (Å²) in [6.07, 6.45) is 0. The molecule has 1 aromatic carbocycles. The van der Waals surface area contributed by atoms with Crippen molar-refractivity contribution in [1.82, 2.24) is 4.72 Å². The molecular formula is C11H13ClFNO4S. The second-order valence-electron chi connectivity index (χ2n) is 4.11. The maximum absolute atomic E-state index is 13.5. The van der Waals surface area contributed by atoms with Gasteiger partial charge in [0, 0.05) is 11.1 Å². The summed E-state index contributed by atoms with van der Waals surface area (Å²) in [5, 5.41) is 8.86. The Labute approximate surface area is 115 Å². The van der Waals surface area contributed by atoms with Gasteiger partial charge in [-0.1, -0.05) is 18.5 Å². The van der Waals surface area contributed by atoms with Crippen LogP contribution in [-0.4, -0.2) is 25.5 Å². The molecule has 0 aliphatic rings. The zero-order chi connectivity index (χ0) is 14.8. The first kappa shape index (κ1) is 15.9. The maximum Gasteiger partial charge on any atom is 0.307 e. The normalized spacial score (nSPS) is 14.9. The van der Waals surface area contributed by atoms with Gasteiger partial charge in [-0.3, -0.25) is 4.79 Å². The minimum absolute atomic E-state index is 0.0726. The number of aliphatic carboxylic acids is 1. The molecule has 0 aliphatic heterocycles. The lowest BCUT2D eigenvalue weighted by atomic mass is 10.1. The van der Waals surface area contributed by atoms with Crippen LogP contribution in [0.1, 0.15) is 13.8 Å². The van der Waals surface area contributed by atoms with E-state index in [1.165, 1.54) is 19.9 Å².